The molecule has 0 N–H and O–H groups in total. The van der Waals surface area contributed by atoms with E-state index < -0.39 is 0 Å². The Morgan fingerprint density at radius 3 is 2.67 bits per heavy atom. The van der Waals surface area contributed by atoms with E-state index in [1.807, 2.05) is 24.3 Å². The van der Waals surface area contributed by atoms with Crippen molar-refractivity contribution < 1.29 is 23.7 Å². The van der Waals surface area contributed by atoms with Gasteiger partial charge in [0.05, 0.1) is 26.9 Å². The Labute approximate surface area is 160 Å². The molecule has 27 heavy (non-hydrogen) atoms. The third-order valence-corrected chi connectivity index (χ3v) is 4.63. The summed E-state index contributed by atoms with van der Waals surface area (Å²) in [5.41, 5.74) is 2.43. The summed E-state index contributed by atoms with van der Waals surface area (Å²) in [5.74, 6) is 2.66. The normalized spacial score (nSPS) is 15.4. The van der Waals surface area contributed by atoms with Crippen molar-refractivity contribution in [2.75, 3.05) is 26.9 Å². The molecule has 0 spiro atoms. The first kappa shape index (κ1) is 19.1. The molecule has 0 amide bonds. The summed E-state index contributed by atoms with van der Waals surface area (Å²) in [6.45, 7) is 3.35. The van der Waals surface area contributed by atoms with Gasteiger partial charge in [-0.1, -0.05) is 18.2 Å². The van der Waals surface area contributed by atoms with Crippen molar-refractivity contribution in [1.82, 2.24) is 0 Å². The number of hydrogen-bond donors (Lipinski definition) is 0. The second-order valence-electron chi connectivity index (χ2n) is 6.51. The highest BCUT2D eigenvalue weighted by atomic mass is 16.5. The predicted molar refractivity (Wildman–Crippen MR) is 103 cm³/mol. The fourth-order valence-corrected chi connectivity index (χ4v) is 3.17. The SMILES string of the molecule is CCOC(=O)CCCOc1ccc2c(c1)OCC(c1ccc(OC)cc1)C2. The number of rotatable bonds is 8. The maximum Gasteiger partial charge on any atom is 0.305 e. The van der Waals surface area contributed by atoms with E-state index in [4.69, 9.17) is 18.9 Å². The number of ether oxygens (including phenoxy) is 4. The molecular formula is C22H26O5. The Bertz CT molecular complexity index is 754. The van der Waals surface area contributed by atoms with Gasteiger partial charge in [0.2, 0.25) is 0 Å². The fourth-order valence-electron chi connectivity index (χ4n) is 3.17. The number of carbonyl (C=O) groups excluding carboxylic acids is 1. The molecule has 144 valence electrons. The van der Waals surface area contributed by atoms with Gasteiger partial charge in [-0.25, -0.2) is 0 Å². The highest BCUT2D eigenvalue weighted by molar-refractivity contribution is 5.69. The lowest BCUT2D eigenvalue weighted by Gasteiger charge is -2.26. The minimum Gasteiger partial charge on any atom is -0.497 e. The molecule has 2 aromatic rings. The van der Waals surface area contributed by atoms with Crippen LogP contribution in [-0.2, 0) is 16.0 Å². The Morgan fingerprint density at radius 2 is 1.93 bits per heavy atom. The van der Waals surface area contributed by atoms with Crippen molar-refractivity contribution in [3.05, 3.63) is 53.6 Å². The first-order valence-electron chi connectivity index (χ1n) is 9.37. The molecule has 0 fully saturated rings. The van der Waals surface area contributed by atoms with Crippen LogP contribution in [0.1, 0.15) is 36.8 Å². The lowest BCUT2D eigenvalue weighted by Crippen LogP contribution is -2.19. The zero-order valence-corrected chi connectivity index (χ0v) is 15.9. The van der Waals surface area contributed by atoms with Crippen LogP contribution >= 0.6 is 0 Å². The Hall–Kier alpha value is -2.69. The van der Waals surface area contributed by atoms with Crippen molar-refractivity contribution in [2.45, 2.75) is 32.1 Å². The molecule has 0 aromatic heterocycles. The second-order valence-corrected chi connectivity index (χ2v) is 6.51. The number of fused-ring (bicyclic) bond motifs is 1. The van der Waals surface area contributed by atoms with Crippen molar-refractivity contribution in [3.8, 4) is 17.2 Å². The molecule has 0 radical (unpaired) electrons. The molecule has 2 aromatic carbocycles. The zero-order chi connectivity index (χ0) is 19.1. The monoisotopic (exact) mass is 370 g/mol. The molecule has 0 saturated heterocycles. The molecular weight excluding hydrogens is 344 g/mol. The summed E-state index contributed by atoms with van der Waals surface area (Å²) in [6.07, 6.45) is 1.94. The molecule has 5 heteroatoms. The average molecular weight is 370 g/mol. The van der Waals surface area contributed by atoms with Crippen LogP contribution in [0.5, 0.6) is 17.2 Å². The van der Waals surface area contributed by atoms with Gasteiger partial charge >= 0.3 is 5.97 Å². The third-order valence-electron chi connectivity index (χ3n) is 4.63. The summed E-state index contributed by atoms with van der Waals surface area (Å²) in [7, 11) is 1.67. The van der Waals surface area contributed by atoms with Gasteiger partial charge in [-0.3, -0.25) is 4.79 Å². The number of carbonyl (C=O) groups is 1. The first-order valence-corrected chi connectivity index (χ1v) is 9.37. The van der Waals surface area contributed by atoms with E-state index in [-0.39, 0.29) is 5.97 Å². The van der Waals surface area contributed by atoms with E-state index in [1.54, 1.807) is 14.0 Å². The van der Waals surface area contributed by atoms with Gasteiger partial charge in [0.25, 0.3) is 0 Å². The van der Waals surface area contributed by atoms with Crippen LogP contribution in [0, 0.1) is 0 Å². The van der Waals surface area contributed by atoms with Gasteiger partial charge in [-0.15, -0.1) is 0 Å². The molecule has 1 aliphatic heterocycles. The van der Waals surface area contributed by atoms with Crippen LogP contribution in [0.4, 0.5) is 0 Å². The van der Waals surface area contributed by atoms with Gasteiger partial charge in [0.15, 0.2) is 0 Å². The zero-order valence-electron chi connectivity index (χ0n) is 15.9. The van der Waals surface area contributed by atoms with Gasteiger partial charge in [0, 0.05) is 18.4 Å². The van der Waals surface area contributed by atoms with E-state index in [2.05, 4.69) is 18.2 Å². The lowest BCUT2D eigenvalue weighted by molar-refractivity contribution is -0.143. The number of esters is 1. The van der Waals surface area contributed by atoms with E-state index in [0.717, 1.165) is 23.7 Å². The van der Waals surface area contributed by atoms with E-state index in [0.29, 0.717) is 38.6 Å². The van der Waals surface area contributed by atoms with Crippen molar-refractivity contribution >= 4 is 5.97 Å². The van der Waals surface area contributed by atoms with Crippen LogP contribution in [0.25, 0.3) is 0 Å². The summed E-state index contributed by atoms with van der Waals surface area (Å²) >= 11 is 0. The van der Waals surface area contributed by atoms with Crippen molar-refractivity contribution in [1.29, 1.82) is 0 Å². The fraction of sp³-hybridized carbons (Fsp3) is 0.409. The topological polar surface area (TPSA) is 54.0 Å². The van der Waals surface area contributed by atoms with Crippen molar-refractivity contribution in [3.63, 3.8) is 0 Å². The van der Waals surface area contributed by atoms with E-state index >= 15 is 0 Å². The summed E-state index contributed by atoms with van der Waals surface area (Å²) in [6, 6.07) is 14.1. The van der Waals surface area contributed by atoms with Gasteiger partial charge in [-0.05, 0) is 49.1 Å². The maximum absolute atomic E-state index is 11.3. The van der Waals surface area contributed by atoms with Gasteiger partial charge < -0.3 is 18.9 Å². The highest BCUT2D eigenvalue weighted by Gasteiger charge is 2.22. The number of methoxy groups -OCH3 is 1. The summed E-state index contributed by atoms with van der Waals surface area (Å²) < 4.78 is 21.8. The van der Waals surface area contributed by atoms with Crippen LogP contribution < -0.4 is 14.2 Å². The highest BCUT2D eigenvalue weighted by Crippen LogP contribution is 2.35. The molecule has 0 saturated carbocycles. The molecule has 3 rings (SSSR count). The quantitative estimate of drug-likeness (QED) is 0.516. The standard InChI is InChI=1S/C22H26O5/c1-3-25-22(23)5-4-12-26-20-11-8-17-13-18(15-27-21(17)14-20)16-6-9-19(24-2)10-7-16/h6-11,14,18H,3-5,12-13,15H2,1-2H3. The first-order chi connectivity index (χ1) is 13.2. The minimum atomic E-state index is -0.181. The molecule has 5 nitrogen and oxygen atoms in total. The number of benzene rings is 2. The second kappa shape index (κ2) is 9.31. The summed E-state index contributed by atoms with van der Waals surface area (Å²) in [4.78, 5) is 11.3. The van der Waals surface area contributed by atoms with Crippen LogP contribution in [0.3, 0.4) is 0 Å². The van der Waals surface area contributed by atoms with Gasteiger partial charge in [0.1, 0.15) is 17.2 Å². The molecule has 1 atom stereocenters. The Kier molecular flexibility index (Phi) is 6.58. The van der Waals surface area contributed by atoms with Crippen LogP contribution in [0.2, 0.25) is 0 Å². The molecule has 1 aliphatic rings. The average Bonchev–Trinajstić information content (AvgIpc) is 2.71. The molecule has 1 heterocycles. The smallest absolute Gasteiger partial charge is 0.305 e. The van der Waals surface area contributed by atoms with E-state index in [1.165, 1.54) is 11.1 Å². The van der Waals surface area contributed by atoms with Crippen LogP contribution in [-0.4, -0.2) is 32.9 Å². The van der Waals surface area contributed by atoms with Gasteiger partial charge in [-0.2, -0.15) is 0 Å². The van der Waals surface area contributed by atoms with Crippen LogP contribution in [0.15, 0.2) is 42.5 Å². The van der Waals surface area contributed by atoms with E-state index in [9.17, 15) is 4.79 Å². The molecule has 0 bridgehead atoms. The maximum atomic E-state index is 11.3. The minimum absolute atomic E-state index is 0.181. The Balaban J connectivity index is 1.53. The Morgan fingerprint density at radius 1 is 1.15 bits per heavy atom. The van der Waals surface area contributed by atoms with Crippen molar-refractivity contribution in [2.24, 2.45) is 0 Å². The molecule has 0 aliphatic carbocycles. The predicted octanol–water partition coefficient (Wildman–Crippen LogP) is 4.14. The third kappa shape index (κ3) is 5.16. The largest absolute Gasteiger partial charge is 0.497 e. The number of hydrogen-bond acceptors (Lipinski definition) is 5. The lowest BCUT2D eigenvalue weighted by atomic mass is 9.90. The molecule has 1 unspecified atom stereocenters. The summed E-state index contributed by atoms with van der Waals surface area (Å²) in [5, 5.41) is 0.